The third-order valence-corrected chi connectivity index (χ3v) is 6.25. The molecule has 0 aliphatic heterocycles. The molecule has 7 heteroatoms. The first kappa shape index (κ1) is 23.3. The number of ether oxygens (including phenoxy) is 1. The second-order valence-corrected chi connectivity index (χ2v) is 8.80. The molecule has 2 heterocycles. The zero-order valence-electron chi connectivity index (χ0n) is 19.1. The molecular weight excluding hydrogens is 448 g/mol. The Balaban J connectivity index is 1.65. The zero-order chi connectivity index (χ0) is 23.9. The van der Waals surface area contributed by atoms with Gasteiger partial charge >= 0.3 is 0 Å². The number of rotatable bonds is 9. The topological polar surface area (TPSA) is 71.8 Å². The average Bonchev–Trinajstić information content (AvgIpc) is 3.53. The van der Waals surface area contributed by atoms with Gasteiger partial charge in [-0.1, -0.05) is 36.4 Å². The van der Waals surface area contributed by atoms with E-state index < -0.39 is 6.04 Å². The number of carbonyl (C=O) groups is 2. The number of para-hydroxylation sites is 1. The van der Waals surface area contributed by atoms with Crippen molar-refractivity contribution in [3.63, 3.8) is 0 Å². The van der Waals surface area contributed by atoms with Crippen molar-refractivity contribution < 1.29 is 18.7 Å². The van der Waals surface area contributed by atoms with Crippen molar-refractivity contribution in [2.45, 2.75) is 25.9 Å². The Morgan fingerprint density at radius 3 is 2.38 bits per heavy atom. The molecule has 174 valence electrons. The minimum atomic E-state index is -0.957. The highest BCUT2D eigenvalue weighted by Crippen LogP contribution is 2.30. The average molecular weight is 475 g/mol. The SMILES string of the molecule is COc1ccc(CNC(=O)[C@@H](c2ccc(C)o2)N(C(=O)Cc2cccs2)c2ccccc2)cc1. The number of aryl methyl sites for hydroxylation is 1. The van der Waals surface area contributed by atoms with Crippen LogP contribution in [0.4, 0.5) is 5.69 Å². The van der Waals surface area contributed by atoms with Gasteiger partial charge in [-0.25, -0.2) is 0 Å². The van der Waals surface area contributed by atoms with Crippen LogP contribution in [-0.2, 0) is 22.6 Å². The van der Waals surface area contributed by atoms with Crippen LogP contribution in [0, 0.1) is 6.92 Å². The first-order valence-corrected chi connectivity index (χ1v) is 11.8. The molecule has 2 aromatic carbocycles. The molecule has 1 N–H and O–H groups in total. The van der Waals surface area contributed by atoms with Crippen LogP contribution in [0.25, 0.3) is 0 Å². The molecular formula is C27H26N2O4S. The molecule has 2 aromatic heterocycles. The lowest BCUT2D eigenvalue weighted by Gasteiger charge is -2.30. The summed E-state index contributed by atoms with van der Waals surface area (Å²) in [6.07, 6.45) is 0.189. The molecule has 0 saturated carbocycles. The van der Waals surface area contributed by atoms with Crippen LogP contribution >= 0.6 is 11.3 Å². The molecule has 0 fully saturated rings. The van der Waals surface area contributed by atoms with Gasteiger partial charge in [-0.15, -0.1) is 11.3 Å². The minimum absolute atomic E-state index is 0.188. The number of furan rings is 1. The summed E-state index contributed by atoms with van der Waals surface area (Å²) >= 11 is 1.51. The van der Waals surface area contributed by atoms with Crippen LogP contribution in [-0.4, -0.2) is 18.9 Å². The van der Waals surface area contributed by atoms with Crippen molar-refractivity contribution in [2.75, 3.05) is 12.0 Å². The lowest BCUT2D eigenvalue weighted by atomic mass is 10.1. The summed E-state index contributed by atoms with van der Waals surface area (Å²) in [5, 5.41) is 4.91. The summed E-state index contributed by atoms with van der Waals surface area (Å²) in [5.74, 6) is 1.31. The number of anilines is 1. The Kier molecular flexibility index (Phi) is 7.44. The van der Waals surface area contributed by atoms with E-state index in [0.29, 0.717) is 23.8 Å². The van der Waals surface area contributed by atoms with Gasteiger partial charge in [0.15, 0.2) is 6.04 Å². The van der Waals surface area contributed by atoms with Crippen LogP contribution in [0.2, 0.25) is 0 Å². The highest BCUT2D eigenvalue weighted by molar-refractivity contribution is 7.10. The number of nitrogens with one attached hydrogen (secondary N) is 1. The van der Waals surface area contributed by atoms with Gasteiger partial charge in [-0.3, -0.25) is 14.5 Å². The van der Waals surface area contributed by atoms with Gasteiger partial charge < -0.3 is 14.5 Å². The van der Waals surface area contributed by atoms with Crippen molar-refractivity contribution >= 4 is 28.8 Å². The maximum absolute atomic E-state index is 13.6. The number of hydrogen-bond acceptors (Lipinski definition) is 5. The summed E-state index contributed by atoms with van der Waals surface area (Å²) in [6, 6.07) is 23.1. The normalized spacial score (nSPS) is 11.6. The molecule has 2 amide bonds. The molecule has 6 nitrogen and oxygen atoms in total. The maximum Gasteiger partial charge on any atom is 0.251 e. The Bertz CT molecular complexity index is 1220. The number of hydrogen-bond donors (Lipinski definition) is 1. The standard InChI is InChI=1S/C27H26N2O4S/c1-19-10-15-24(33-19)26(27(31)28-18-20-11-13-22(32-2)14-12-20)29(21-7-4-3-5-8-21)25(30)17-23-9-6-16-34-23/h3-16,26H,17-18H2,1-2H3,(H,28,31)/t26-/m1/s1. The summed E-state index contributed by atoms with van der Waals surface area (Å²) in [5.41, 5.74) is 1.54. The number of nitrogens with zero attached hydrogens (tertiary/aromatic N) is 1. The van der Waals surface area contributed by atoms with Crippen molar-refractivity contribution in [2.24, 2.45) is 0 Å². The molecule has 0 bridgehead atoms. The fourth-order valence-corrected chi connectivity index (χ4v) is 4.37. The van der Waals surface area contributed by atoms with Crippen molar-refractivity contribution in [1.82, 2.24) is 5.32 Å². The summed E-state index contributed by atoms with van der Waals surface area (Å²) in [4.78, 5) is 29.6. The van der Waals surface area contributed by atoms with Crippen molar-refractivity contribution in [1.29, 1.82) is 0 Å². The maximum atomic E-state index is 13.6. The molecule has 0 aliphatic rings. The molecule has 0 unspecified atom stereocenters. The van der Waals surface area contributed by atoms with E-state index >= 15 is 0 Å². The van der Waals surface area contributed by atoms with Crippen LogP contribution < -0.4 is 15.0 Å². The number of benzene rings is 2. The Labute approximate surface area is 202 Å². The van der Waals surface area contributed by atoms with E-state index in [-0.39, 0.29) is 18.2 Å². The van der Waals surface area contributed by atoms with Crippen LogP contribution in [0.1, 0.15) is 28.0 Å². The molecule has 0 saturated heterocycles. The van der Waals surface area contributed by atoms with Gasteiger partial charge in [0, 0.05) is 17.1 Å². The molecule has 4 aromatic rings. The number of amides is 2. The molecule has 34 heavy (non-hydrogen) atoms. The first-order valence-electron chi connectivity index (χ1n) is 10.9. The number of methoxy groups -OCH3 is 1. The summed E-state index contributed by atoms with van der Waals surface area (Å²) in [6.45, 7) is 2.12. The van der Waals surface area contributed by atoms with Gasteiger partial charge in [-0.2, -0.15) is 0 Å². The minimum Gasteiger partial charge on any atom is -0.497 e. The monoisotopic (exact) mass is 474 g/mol. The van der Waals surface area contributed by atoms with E-state index in [9.17, 15) is 9.59 Å². The van der Waals surface area contributed by atoms with Crippen LogP contribution in [0.3, 0.4) is 0 Å². The molecule has 0 aliphatic carbocycles. The third kappa shape index (κ3) is 5.55. The van der Waals surface area contributed by atoms with Gasteiger partial charge in [-0.05, 0) is 60.3 Å². The molecule has 1 atom stereocenters. The van der Waals surface area contributed by atoms with E-state index in [1.165, 1.54) is 16.2 Å². The van der Waals surface area contributed by atoms with E-state index in [0.717, 1.165) is 16.2 Å². The largest absolute Gasteiger partial charge is 0.497 e. The van der Waals surface area contributed by atoms with Gasteiger partial charge in [0.2, 0.25) is 5.91 Å². The van der Waals surface area contributed by atoms with Gasteiger partial charge in [0.05, 0.1) is 13.5 Å². The number of thiophene rings is 1. The first-order chi connectivity index (χ1) is 16.5. The third-order valence-electron chi connectivity index (χ3n) is 5.37. The predicted octanol–water partition coefficient (Wildman–Crippen LogP) is 5.29. The van der Waals surface area contributed by atoms with Crippen LogP contribution in [0.15, 0.2) is 88.7 Å². The smallest absolute Gasteiger partial charge is 0.251 e. The highest BCUT2D eigenvalue weighted by atomic mass is 32.1. The van der Waals surface area contributed by atoms with Gasteiger partial charge in [0.25, 0.3) is 5.91 Å². The zero-order valence-corrected chi connectivity index (χ0v) is 19.9. The predicted molar refractivity (Wildman–Crippen MR) is 133 cm³/mol. The second-order valence-electron chi connectivity index (χ2n) is 7.77. The van der Waals surface area contributed by atoms with Gasteiger partial charge in [0.1, 0.15) is 17.3 Å². The fourth-order valence-electron chi connectivity index (χ4n) is 3.68. The number of carbonyl (C=O) groups excluding carboxylic acids is 2. The van der Waals surface area contributed by atoms with E-state index in [1.807, 2.05) is 79.0 Å². The Morgan fingerprint density at radius 2 is 1.76 bits per heavy atom. The summed E-state index contributed by atoms with van der Waals surface area (Å²) < 4.78 is 11.1. The summed E-state index contributed by atoms with van der Waals surface area (Å²) in [7, 11) is 1.61. The molecule has 0 radical (unpaired) electrons. The van der Waals surface area contributed by atoms with Crippen molar-refractivity contribution in [3.05, 3.63) is 106 Å². The highest BCUT2D eigenvalue weighted by Gasteiger charge is 2.35. The van der Waals surface area contributed by atoms with Crippen LogP contribution in [0.5, 0.6) is 5.75 Å². The fraction of sp³-hybridized carbons (Fsp3) is 0.185. The lowest BCUT2D eigenvalue weighted by molar-refractivity contribution is -0.127. The van der Waals surface area contributed by atoms with E-state index in [4.69, 9.17) is 9.15 Å². The molecule has 4 rings (SSSR count). The Morgan fingerprint density at radius 1 is 1.00 bits per heavy atom. The van der Waals surface area contributed by atoms with E-state index in [2.05, 4.69) is 5.32 Å². The van der Waals surface area contributed by atoms with E-state index in [1.54, 1.807) is 19.2 Å². The Hall–Kier alpha value is -3.84. The lowest BCUT2D eigenvalue weighted by Crippen LogP contribution is -2.44. The molecule has 0 spiro atoms. The second kappa shape index (κ2) is 10.9. The van der Waals surface area contributed by atoms with Crippen molar-refractivity contribution in [3.8, 4) is 5.75 Å². The quantitative estimate of drug-likeness (QED) is 0.358.